The molecule has 0 aromatic heterocycles. The normalized spacial score (nSPS) is 11.6. The third-order valence-electron chi connectivity index (χ3n) is 1.90. The molecule has 0 saturated heterocycles. The van der Waals surface area contributed by atoms with Crippen LogP contribution in [0.4, 0.5) is 11.4 Å². The monoisotopic (exact) mass is 207 g/mol. The van der Waals surface area contributed by atoms with Gasteiger partial charge in [0, 0.05) is 7.05 Å². The van der Waals surface area contributed by atoms with Crippen LogP contribution >= 0.6 is 0 Å². The van der Waals surface area contributed by atoms with Crippen molar-refractivity contribution < 1.29 is 9.59 Å². The van der Waals surface area contributed by atoms with E-state index in [4.69, 9.17) is 5.73 Å². The Morgan fingerprint density at radius 3 is 2.53 bits per heavy atom. The number of carbonyl (C=O) groups excluding carboxylic acids is 2. The molecule has 0 saturated carbocycles. The number of rotatable bonds is 4. The van der Waals surface area contributed by atoms with E-state index in [2.05, 4.69) is 10.6 Å². The van der Waals surface area contributed by atoms with Gasteiger partial charge in [-0.2, -0.15) is 0 Å². The lowest BCUT2D eigenvalue weighted by Gasteiger charge is -2.11. The first-order chi connectivity index (χ1) is 7.19. The molecule has 0 aliphatic heterocycles. The third-order valence-corrected chi connectivity index (χ3v) is 1.90. The molecule has 15 heavy (non-hydrogen) atoms. The Balaban J connectivity index is 2.80. The van der Waals surface area contributed by atoms with Crippen LogP contribution < -0.4 is 16.4 Å². The van der Waals surface area contributed by atoms with Crippen LogP contribution in [-0.2, 0) is 9.59 Å². The van der Waals surface area contributed by atoms with Crippen molar-refractivity contribution in [3.8, 4) is 0 Å². The highest BCUT2D eigenvalue weighted by atomic mass is 16.2. The second-order valence-electron chi connectivity index (χ2n) is 2.95. The van der Waals surface area contributed by atoms with Crippen LogP contribution in [0.1, 0.15) is 0 Å². The van der Waals surface area contributed by atoms with E-state index in [1.807, 2.05) is 12.1 Å². The largest absolute Gasteiger partial charge is 0.386 e. The number of aldehydes is 1. The van der Waals surface area contributed by atoms with Gasteiger partial charge in [0.15, 0.2) is 0 Å². The predicted molar refractivity (Wildman–Crippen MR) is 58.7 cm³/mol. The van der Waals surface area contributed by atoms with Gasteiger partial charge in [0.05, 0.1) is 11.4 Å². The van der Waals surface area contributed by atoms with Crippen LogP contribution in [0.2, 0.25) is 0 Å². The molecule has 80 valence electrons. The first-order valence-electron chi connectivity index (χ1n) is 4.47. The lowest BCUT2D eigenvalue weighted by Crippen LogP contribution is -2.36. The molecule has 1 aromatic rings. The van der Waals surface area contributed by atoms with Gasteiger partial charge in [-0.1, -0.05) is 12.1 Å². The van der Waals surface area contributed by atoms with Gasteiger partial charge in [0.25, 0.3) is 0 Å². The predicted octanol–water partition coefficient (Wildman–Crippen LogP) is 0.193. The Bertz CT molecular complexity index is 365. The first-order valence-corrected chi connectivity index (χ1v) is 4.47. The highest BCUT2D eigenvalue weighted by Gasteiger charge is 2.12. The number of hydrogen-bond acceptors (Lipinski definition) is 4. The van der Waals surface area contributed by atoms with Gasteiger partial charge in [0.1, 0.15) is 12.3 Å². The molecule has 0 heterocycles. The maximum atomic E-state index is 11.3. The number of nitrogens with two attached hydrogens (primary N) is 1. The molecule has 1 unspecified atom stereocenters. The maximum absolute atomic E-state index is 11.3. The smallest absolute Gasteiger partial charge is 0.248 e. The summed E-state index contributed by atoms with van der Waals surface area (Å²) in [7, 11) is 1.74. The number of hydrogen-bond donors (Lipinski definition) is 3. The number of nitrogens with one attached hydrogen (secondary N) is 2. The van der Waals surface area contributed by atoms with Gasteiger partial charge in [-0.15, -0.1) is 0 Å². The van der Waals surface area contributed by atoms with Gasteiger partial charge >= 0.3 is 0 Å². The average Bonchev–Trinajstić information content (AvgIpc) is 2.28. The molecule has 1 aromatic carbocycles. The van der Waals surface area contributed by atoms with E-state index in [0.29, 0.717) is 12.0 Å². The number of para-hydroxylation sites is 2. The molecule has 4 N–H and O–H groups in total. The zero-order valence-corrected chi connectivity index (χ0v) is 8.36. The zero-order chi connectivity index (χ0) is 11.3. The summed E-state index contributed by atoms with van der Waals surface area (Å²) in [6.45, 7) is 0. The molecular weight excluding hydrogens is 194 g/mol. The summed E-state index contributed by atoms with van der Waals surface area (Å²) < 4.78 is 0. The van der Waals surface area contributed by atoms with E-state index < -0.39 is 11.9 Å². The fourth-order valence-corrected chi connectivity index (χ4v) is 1.09. The van der Waals surface area contributed by atoms with E-state index in [1.165, 1.54) is 0 Å². The molecule has 5 nitrogen and oxygen atoms in total. The van der Waals surface area contributed by atoms with Crippen molar-refractivity contribution >= 4 is 23.6 Å². The van der Waals surface area contributed by atoms with Gasteiger partial charge in [0.2, 0.25) is 5.91 Å². The molecule has 0 aliphatic carbocycles. The SMILES string of the molecule is CNc1ccccc1NC(=O)C(N)C=O. The molecule has 0 radical (unpaired) electrons. The van der Waals surface area contributed by atoms with Crippen LogP contribution in [0.3, 0.4) is 0 Å². The van der Waals surface area contributed by atoms with Crippen molar-refractivity contribution in [1.82, 2.24) is 0 Å². The minimum Gasteiger partial charge on any atom is -0.386 e. The number of benzene rings is 1. The quantitative estimate of drug-likeness (QED) is 0.486. The molecule has 1 atom stereocenters. The van der Waals surface area contributed by atoms with Crippen molar-refractivity contribution in [2.75, 3.05) is 17.7 Å². The highest BCUT2D eigenvalue weighted by Crippen LogP contribution is 2.19. The van der Waals surface area contributed by atoms with Crippen LogP contribution in [-0.4, -0.2) is 25.3 Å². The van der Waals surface area contributed by atoms with Crippen LogP contribution in [0.5, 0.6) is 0 Å². The highest BCUT2D eigenvalue weighted by molar-refractivity contribution is 6.05. The van der Waals surface area contributed by atoms with E-state index in [9.17, 15) is 9.59 Å². The van der Waals surface area contributed by atoms with E-state index in [0.717, 1.165) is 5.69 Å². The average molecular weight is 207 g/mol. The summed E-state index contributed by atoms with van der Waals surface area (Å²) in [5.41, 5.74) is 6.62. The second-order valence-corrected chi connectivity index (χ2v) is 2.95. The summed E-state index contributed by atoms with van der Waals surface area (Å²) in [5, 5.41) is 5.47. The topological polar surface area (TPSA) is 84.2 Å². The molecule has 1 rings (SSSR count). The lowest BCUT2D eigenvalue weighted by atomic mass is 10.2. The molecular formula is C10H13N3O2. The fraction of sp³-hybridized carbons (Fsp3) is 0.200. The van der Waals surface area contributed by atoms with E-state index >= 15 is 0 Å². The standard InChI is InChI=1S/C10H13N3O2/c1-12-8-4-2-3-5-9(8)13-10(15)7(11)6-14/h2-7,12H,11H2,1H3,(H,13,15). The van der Waals surface area contributed by atoms with Crippen LogP contribution in [0.25, 0.3) is 0 Å². The Kier molecular flexibility index (Phi) is 3.82. The maximum Gasteiger partial charge on any atom is 0.248 e. The fourth-order valence-electron chi connectivity index (χ4n) is 1.09. The minimum atomic E-state index is -1.13. The van der Waals surface area contributed by atoms with Crippen molar-refractivity contribution in [2.45, 2.75) is 6.04 Å². The van der Waals surface area contributed by atoms with Crippen molar-refractivity contribution in [1.29, 1.82) is 0 Å². The van der Waals surface area contributed by atoms with Gasteiger partial charge in [-0.05, 0) is 12.1 Å². The molecule has 5 heteroatoms. The summed E-state index contributed by atoms with van der Waals surface area (Å²) in [6.07, 6.45) is 0.400. The first kappa shape index (κ1) is 11.2. The molecule has 0 fully saturated rings. The zero-order valence-electron chi connectivity index (χ0n) is 8.36. The summed E-state index contributed by atoms with van der Waals surface area (Å²) >= 11 is 0. The van der Waals surface area contributed by atoms with Crippen molar-refractivity contribution in [3.05, 3.63) is 24.3 Å². The van der Waals surface area contributed by atoms with Gasteiger partial charge in [-0.25, -0.2) is 0 Å². The van der Waals surface area contributed by atoms with Crippen molar-refractivity contribution in [2.24, 2.45) is 5.73 Å². The Morgan fingerprint density at radius 2 is 2.00 bits per heavy atom. The molecule has 0 spiro atoms. The number of carbonyl (C=O) groups is 2. The molecule has 0 bridgehead atoms. The van der Waals surface area contributed by atoms with Crippen LogP contribution in [0.15, 0.2) is 24.3 Å². The second kappa shape index (κ2) is 5.11. The molecule has 1 amide bonds. The summed E-state index contributed by atoms with van der Waals surface area (Å²) in [4.78, 5) is 21.6. The van der Waals surface area contributed by atoms with Crippen molar-refractivity contribution in [3.63, 3.8) is 0 Å². The molecule has 0 aliphatic rings. The summed E-state index contributed by atoms with van der Waals surface area (Å²) in [6, 6.07) is 6.02. The van der Waals surface area contributed by atoms with Gasteiger partial charge in [-0.3, -0.25) is 4.79 Å². The Labute approximate surface area is 87.7 Å². The van der Waals surface area contributed by atoms with Gasteiger partial charge < -0.3 is 21.2 Å². The third kappa shape index (κ3) is 2.78. The lowest BCUT2D eigenvalue weighted by molar-refractivity contribution is -0.121. The van der Waals surface area contributed by atoms with E-state index in [1.54, 1.807) is 19.2 Å². The van der Waals surface area contributed by atoms with E-state index in [-0.39, 0.29) is 0 Å². The minimum absolute atomic E-state index is 0.400. The number of amides is 1. The van der Waals surface area contributed by atoms with Crippen LogP contribution in [0, 0.1) is 0 Å². The number of anilines is 2. The Morgan fingerprint density at radius 1 is 1.40 bits per heavy atom. The Hall–Kier alpha value is -1.88. The summed E-state index contributed by atoms with van der Waals surface area (Å²) in [5.74, 6) is -0.521.